The van der Waals surface area contributed by atoms with Crippen molar-refractivity contribution in [3.8, 4) is 0 Å². The third-order valence-corrected chi connectivity index (χ3v) is 6.35. The highest BCUT2D eigenvalue weighted by Crippen LogP contribution is 2.29. The zero-order chi connectivity index (χ0) is 17.5. The van der Waals surface area contributed by atoms with E-state index in [1.807, 2.05) is 0 Å². The molecule has 3 heterocycles. The standard InChI is InChI=1S/C15H24N4O4S/c1-15(2)9-19(14(20)23-10-15)12-4-6-18(7-5-12)24(21,22)13-8-17(3)11-16-13/h8,11-12H,4-7,9-10H2,1-3H3. The summed E-state index contributed by atoms with van der Waals surface area (Å²) in [5, 5.41) is 0.0713. The van der Waals surface area contributed by atoms with Crippen LogP contribution < -0.4 is 0 Å². The van der Waals surface area contributed by atoms with Crippen LogP contribution in [0.4, 0.5) is 4.79 Å². The maximum atomic E-state index is 12.6. The van der Waals surface area contributed by atoms with E-state index in [-0.39, 0.29) is 22.6 Å². The minimum Gasteiger partial charge on any atom is -0.449 e. The maximum Gasteiger partial charge on any atom is 0.410 e. The van der Waals surface area contributed by atoms with E-state index in [4.69, 9.17) is 4.74 Å². The summed E-state index contributed by atoms with van der Waals surface area (Å²) in [7, 11) is -1.83. The Labute approximate surface area is 142 Å². The summed E-state index contributed by atoms with van der Waals surface area (Å²) in [5.74, 6) is 0. The van der Waals surface area contributed by atoms with Crippen molar-refractivity contribution in [3.63, 3.8) is 0 Å². The van der Waals surface area contributed by atoms with Gasteiger partial charge in [-0.15, -0.1) is 0 Å². The van der Waals surface area contributed by atoms with Crippen LogP contribution in [0.3, 0.4) is 0 Å². The summed E-state index contributed by atoms with van der Waals surface area (Å²) in [6, 6.07) is 0.0206. The highest BCUT2D eigenvalue weighted by Gasteiger charge is 2.39. The molecule has 0 bridgehead atoms. The number of rotatable bonds is 3. The second-order valence-electron chi connectivity index (χ2n) is 7.36. The quantitative estimate of drug-likeness (QED) is 0.808. The van der Waals surface area contributed by atoms with Crippen LogP contribution in [0.5, 0.6) is 0 Å². The lowest BCUT2D eigenvalue weighted by Crippen LogP contribution is -2.55. The number of hydrogen-bond acceptors (Lipinski definition) is 5. The molecule has 0 spiro atoms. The molecule has 0 unspecified atom stereocenters. The van der Waals surface area contributed by atoms with E-state index >= 15 is 0 Å². The number of ether oxygens (including phenoxy) is 1. The minimum atomic E-state index is -3.57. The number of imidazole rings is 1. The van der Waals surface area contributed by atoms with Gasteiger partial charge < -0.3 is 14.2 Å². The van der Waals surface area contributed by atoms with Crippen LogP contribution in [-0.2, 0) is 21.8 Å². The Morgan fingerprint density at radius 1 is 1.29 bits per heavy atom. The number of piperidine rings is 1. The first-order chi connectivity index (χ1) is 11.2. The average Bonchev–Trinajstić information content (AvgIpc) is 2.97. The number of amides is 1. The molecule has 134 valence electrons. The molecule has 1 aromatic heterocycles. The van der Waals surface area contributed by atoms with Gasteiger partial charge in [-0.1, -0.05) is 13.8 Å². The topological polar surface area (TPSA) is 84.7 Å². The Balaban J connectivity index is 1.66. The number of carbonyl (C=O) groups excluding carboxylic acids is 1. The number of aryl methyl sites for hydroxylation is 1. The van der Waals surface area contributed by atoms with Crippen molar-refractivity contribution < 1.29 is 17.9 Å². The Morgan fingerprint density at radius 2 is 1.96 bits per heavy atom. The molecule has 0 N–H and O–H groups in total. The predicted molar refractivity (Wildman–Crippen MR) is 86.8 cm³/mol. The summed E-state index contributed by atoms with van der Waals surface area (Å²) in [6.07, 6.45) is 3.91. The third kappa shape index (κ3) is 3.27. The van der Waals surface area contributed by atoms with Crippen LogP contribution in [-0.4, -0.2) is 65.6 Å². The fourth-order valence-corrected chi connectivity index (χ4v) is 4.67. The number of cyclic esters (lactones) is 1. The van der Waals surface area contributed by atoms with Gasteiger partial charge in [0.2, 0.25) is 0 Å². The van der Waals surface area contributed by atoms with Gasteiger partial charge in [0.15, 0.2) is 5.03 Å². The summed E-state index contributed by atoms with van der Waals surface area (Å²) in [6.45, 7) is 5.96. The van der Waals surface area contributed by atoms with Crippen LogP contribution in [0, 0.1) is 5.41 Å². The van der Waals surface area contributed by atoms with Crippen molar-refractivity contribution in [2.24, 2.45) is 12.5 Å². The molecule has 2 fully saturated rings. The predicted octanol–water partition coefficient (Wildman–Crippen LogP) is 1.05. The van der Waals surface area contributed by atoms with Crippen molar-refractivity contribution in [1.82, 2.24) is 18.8 Å². The second kappa shape index (κ2) is 6.03. The van der Waals surface area contributed by atoms with Crippen LogP contribution in [0.1, 0.15) is 26.7 Å². The summed E-state index contributed by atoms with van der Waals surface area (Å²) >= 11 is 0. The molecule has 0 aromatic carbocycles. The van der Waals surface area contributed by atoms with Crippen LogP contribution in [0.15, 0.2) is 17.6 Å². The molecule has 1 amide bonds. The Bertz CT molecular complexity index is 720. The van der Waals surface area contributed by atoms with E-state index < -0.39 is 10.0 Å². The molecule has 9 heteroatoms. The Morgan fingerprint density at radius 3 is 2.54 bits per heavy atom. The first-order valence-electron chi connectivity index (χ1n) is 8.11. The van der Waals surface area contributed by atoms with Crippen molar-refractivity contribution in [1.29, 1.82) is 0 Å². The molecule has 0 radical (unpaired) electrons. The van der Waals surface area contributed by atoms with Gasteiger partial charge in [0.1, 0.15) is 0 Å². The molecule has 1 aromatic rings. The molecule has 2 aliphatic heterocycles. The van der Waals surface area contributed by atoms with Gasteiger partial charge in [-0.05, 0) is 12.8 Å². The van der Waals surface area contributed by atoms with E-state index in [9.17, 15) is 13.2 Å². The van der Waals surface area contributed by atoms with Crippen molar-refractivity contribution >= 4 is 16.1 Å². The molecule has 0 atom stereocenters. The molecule has 0 saturated carbocycles. The van der Waals surface area contributed by atoms with Gasteiger partial charge in [0.25, 0.3) is 10.0 Å². The monoisotopic (exact) mass is 356 g/mol. The lowest BCUT2D eigenvalue weighted by Gasteiger charge is -2.43. The van der Waals surface area contributed by atoms with Crippen molar-refractivity contribution in [2.45, 2.75) is 37.8 Å². The molecular formula is C15H24N4O4S. The second-order valence-corrected chi connectivity index (χ2v) is 9.24. The van der Waals surface area contributed by atoms with E-state index in [1.54, 1.807) is 16.5 Å². The third-order valence-electron chi connectivity index (χ3n) is 4.57. The van der Waals surface area contributed by atoms with Crippen LogP contribution >= 0.6 is 0 Å². The molecule has 24 heavy (non-hydrogen) atoms. The summed E-state index contributed by atoms with van der Waals surface area (Å²) in [5.41, 5.74) is -0.0783. The van der Waals surface area contributed by atoms with Crippen molar-refractivity contribution in [3.05, 3.63) is 12.5 Å². The molecule has 2 aliphatic rings. The average molecular weight is 356 g/mol. The summed E-state index contributed by atoms with van der Waals surface area (Å²) < 4.78 is 33.5. The van der Waals surface area contributed by atoms with Crippen molar-refractivity contribution in [2.75, 3.05) is 26.2 Å². The first-order valence-corrected chi connectivity index (χ1v) is 9.55. The minimum absolute atomic E-state index is 0.0206. The van der Waals surface area contributed by atoms with Gasteiger partial charge in [0, 0.05) is 44.3 Å². The zero-order valence-corrected chi connectivity index (χ0v) is 15.1. The number of sulfonamides is 1. The highest BCUT2D eigenvalue weighted by molar-refractivity contribution is 7.89. The van der Waals surface area contributed by atoms with Gasteiger partial charge in [0.05, 0.1) is 12.9 Å². The molecule has 2 saturated heterocycles. The smallest absolute Gasteiger partial charge is 0.410 e. The van der Waals surface area contributed by atoms with Gasteiger partial charge >= 0.3 is 6.09 Å². The Kier molecular flexibility index (Phi) is 4.33. The maximum absolute atomic E-state index is 12.6. The molecule has 8 nitrogen and oxygen atoms in total. The zero-order valence-electron chi connectivity index (χ0n) is 14.3. The van der Waals surface area contributed by atoms with Gasteiger partial charge in [-0.2, -0.15) is 4.31 Å². The number of aromatic nitrogens is 2. The van der Waals surface area contributed by atoms with Crippen LogP contribution in [0.25, 0.3) is 0 Å². The summed E-state index contributed by atoms with van der Waals surface area (Å²) in [4.78, 5) is 17.8. The number of carbonyl (C=O) groups is 1. The first kappa shape index (κ1) is 17.2. The van der Waals surface area contributed by atoms with E-state index in [0.717, 1.165) is 0 Å². The largest absolute Gasteiger partial charge is 0.449 e. The molecule has 0 aliphatic carbocycles. The highest BCUT2D eigenvalue weighted by atomic mass is 32.2. The van der Waals surface area contributed by atoms with Crippen LogP contribution in [0.2, 0.25) is 0 Å². The lowest BCUT2D eigenvalue weighted by molar-refractivity contribution is -0.0129. The van der Waals surface area contributed by atoms with E-state index in [2.05, 4.69) is 18.8 Å². The molecule has 3 rings (SSSR count). The van der Waals surface area contributed by atoms with E-state index in [0.29, 0.717) is 39.1 Å². The fraction of sp³-hybridized carbons (Fsp3) is 0.733. The molecular weight excluding hydrogens is 332 g/mol. The fourth-order valence-electron chi connectivity index (χ4n) is 3.24. The SMILES string of the molecule is Cn1cnc(S(=O)(=O)N2CCC(N3CC(C)(C)COC3=O)CC2)c1. The normalized spacial score (nSPS) is 23.3. The Hall–Kier alpha value is -1.61. The van der Waals surface area contributed by atoms with Gasteiger partial charge in [-0.3, -0.25) is 0 Å². The lowest BCUT2D eigenvalue weighted by atomic mass is 9.91. The number of nitrogens with zero attached hydrogens (tertiary/aromatic N) is 4. The van der Waals surface area contributed by atoms with E-state index in [1.165, 1.54) is 16.8 Å². The van der Waals surface area contributed by atoms with Gasteiger partial charge in [-0.25, -0.2) is 18.2 Å². The number of hydrogen-bond donors (Lipinski definition) is 0.